The molecule has 7 amide bonds. The molecule has 3 heterocycles. The summed E-state index contributed by atoms with van der Waals surface area (Å²) in [6.45, 7) is 4.91. The van der Waals surface area contributed by atoms with E-state index in [0.717, 1.165) is 49.8 Å². The number of para-hydroxylation sites is 2. The molecule has 18 heteroatoms. The molecule has 3 fully saturated rings. The van der Waals surface area contributed by atoms with Crippen molar-refractivity contribution in [1.29, 1.82) is 0 Å². The van der Waals surface area contributed by atoms with Gasteiger partial charge in [-0.15, -0.1) is 0 Å². The maximum absolute atomic E-state index is 15.0. The zero-order valence-corrected chi connectivity index (χ0v) is 40.2. The van der Waals surface area contributed by atoms with Crippen molar-refractivity contribution in [1.82, 2.24) is 36.8 Å². The summed E-state index contributed by atoms with van der Waals surface area (Å²) in [6, 6.07) is 25.0. The van der Waals surface area contributed by atoms with Gasteiger partial charge in [0.05, 0.1) is 12.1 Å². The van der Waals surface area contributed by atoms with Gasteiger partial charge in [0.2, 0.25) is 29.5 Å². The molecule has 6 atom stereocenters. The molecule has 1 unspecified atom stereocenters. The van der Waals surface area contributed by atoms with Gasteiger partial charge in [-0.05, 0) is 80.7 Å². The summed E-state index contributed by atoms with van der Waals surface area (Å²) < 4.78 is 27.3. The molecule has 6 N–H and O–H groups in total. The number of nitrogens with one attached hydrogen (secondary N) is 6. The molecule has 0 spiro atoms. The lowest BCUT2D eigenvalue weighted by molar-refractivity contribution is -0.142. The third-order valence-electron chi connectivity index (χ3n) is 12.2. The number of nitrogens with zero attached hydrogens (tertiary/aromatic N) is 1. The predicted molar refractivity (Wildman–Crippen MR) is 258 cm³/mol. The standard InChI is InChI=1S/C49H66N7O9PS/c1-34(2)45(53-43(59)28-27-42(58)51-30-16-6-15-29-50-41(57)26-14-13-25-40-46-38(33-67-40)52-49(62)55-46)48(61)56-31-17-24-39(56)47(60)54-44(32-35-18-7-3-8-19-35)66(63,64-36-20-9-4-10-21-36)65-37-22-11-5-12-23-37/h3-5,7-12,18-23,34,38-40,44-46H,6,13-17,24-33H2,1-2H3,(H,50,57)(H,51,58)(H,53,59)(H,54,60)(H2,52,55,62)/t38-,39-,40-,44?,45-,46-/m0/s1. The Hall–Kier alpha value is -5.54. The summed E-state index contributed by atoms with van der Waals surface area (Å²) in [6.07, 6.45) is 6.33. The third kappa shape index (κ3) is 15.5. The van der Waals surface area contributed by atoms with Crippen molar-refractivity contribution in [3.8, 4) is 11.5 Å². The van der Waals surface area contributed by atoms with Crippen molar-refractivity contribution in [2.45, 2.75) is 126 Å². The van der Waals surface area contributed by atoms with Crippen molar-refractivity contribution in [3.05, 3.63) is 96.6 Å². The van der Waals surface area contributed by atoms with Crippen LogP contribution < -0.4 is 40.9 Å². The lowest BCUT2D eigenvalue weighted by Crippen LogP contribution is -2.56. The van der Waals surface area contributed by atoms with Crippen molar-refractivity contribution < 1.29 is 42.4 Å². The summed E-state index contributed by atoms with van der Waals surface area (Å²) in [4.78, 5) is 79.6. The van der Waals surface area contributed by atoms with Crippen LogP contribution in [-0.4, -0.2) is 101 Å². The van der Waals surface area contributed by atoms with Crippen LogP contribution in [0.1, 0.15) is 90.0 Å². The summed E-state index contributed by atoms with van der Waals surface area (Å²) in [5.74, 6) is -1.59. The number of rotatable bonds is 26. The quantitative estimate of drug-likeness (QED) is 0.0311. The molecule has 3 aliphatic heterocycles. The number of fused-ring (bicyclic) bond motifs is 1. The Balaban J connectivity index is 0.926. The molecule has 3 aromatic rings. The number of benzene rings is 3. The first-order chi connectivity index (χ1) is 32.4. The highest BCUT2D eigenvalue weighted by atomic mass is 32.2. The number of carbonyl (C=O) groups excluding carboxylic acids is 6. The van der Waals surface area contributed by atoms with Crippen LogP contribution in [-0.2, 0) is 35.0 Å². The number of likely N-dealkylation sites (tertiary alicyclic amines) is 1. The van der Waals surface area contributed by atoms with Gasteiger partial charge < -0.3 is 45.8 Å². The molecule has 0 bridgehead atoms. The number of amides is 7. The van der Waals surface area contributed by atoms with Crippen LogP contribution in [0.25, 0.3) is 0 Å². The molecular weight excluding hydrogens is 894 g/mol. The van der Waals surface area contributed by atoms with Gasteiger partial charge in [0.25, 0.3) is 0 Å². The molecular formula is C49H66N7O9PS. The van der Waals surface area contributed by atoms with Gasteiger partial charge in [0.1, 0.15) is 23.6 Å². The lowest BCUT2D eigenvalue weighted by atomic mass is 10.0. The Morgan fingerprint density at radius 2 is 1.34 bits per heavy atom. The lowest BCUT2D eigenvalue weighted by Gasteiger charge is -2.33. The van der Waals surface area contributed by atoms with E-state index >= 15 is 4.57 Å². The predicted octanol–water partition coefficient (Wildman–Crippen LogP) is 6.06. The number of unbranched alkanes of at least 4 members (excludes halogenated alkanes) is 3. The second-order valence-corrected chi connectivity index (χ2v) is 21.0. The van der Waals surface area contributed by atoms with Gasteiger partial charge in [-0.25, -0.2) is 9.36 Å². The van der Waals surface area contributed by atoms with Gasteiger partial charge in [0, 0.05) is 56.3 Å². The molecule has 16 nitrogen and oxygen atoms in total. The molecule has 0 radical (unpaired) electrons. The number of hydrogen-bond donors (Lipinski definition) is 6. The van der Waals surface area contributed by atoms with Crippen LogP contribution in [0.15, 0.2) is 91.0 Å². The second kappa shape index (κ2) is 25.6. The van der Waals surface area contributed by atoms with E-state index in [2.05, 4.69) is 31.9 Å². The van der Waals surface area contributed by atoms with E-state index in [4.69, 9.17) is 9.05 Å². The van der Waals surface area contributed by atoms with Crippen molar-refractivity contribution >= 4 is 54.9 Å². The first kappa shape index (κ1) is 50.9. The number of urea groups is 1. The summed E-state index contributed by atoms with van der Waals surface area (Å²) in [5, 5.41) is 18.0. The van der Waals surface area contributed by atoms with Crippen LogP contribution >= 0.6 is 19.4 Å². The van der Waals surface area contributed by atoms with E-state index in [9.17, 15) is 28.8 Å². The Morgan fingerprint density at radius 1 is 0.746 bits per heavy atom. The van der Waals surface area contributed by atoms with E-state index in [0.29, 0.717) is 49.1 Å². The van der Waals surface area contributed by atoms with E-state index in [1.54, 1.807) is 60.7 Å². The maximum Gasteiger partial charge on any atom is 0.453 e. The topological polar surface area (TPSA) is 213 Å². The fourth-order valence-corrected chi connectivity index (χ4v) is 11.9. The van der Waals surface area contributed by atoms with E-state index in [-0.39, 0.29) is 61.7 Å². The number of thioether (sulfide) groups is 1. The highest BCUT2D eigenvalue weighted by molar-refractivity contribution is 8.00. The molecule has 0 aromatic heterocycles. The van der Waals surface area contributed by atoms with Crippen LogP contribution in [0, 0.1) is 5.92 Å². The van der Waals surface area contributed by atoms with E-state index < -0.39 is 43.2 Å². The van der Waals surface area contributed by atoms with Gasteiger partial charge in [-0.3, -0.25) is 24.0 Å². The highest BCUT2D eigenvalue weighted by Gasteiger charge is 2.45. The Morgan fingerprint density at radius 3 is 1.97 bits per heavy atom. The fraction of sp³-hybridized carbons (Fsp3) is 0.510. The largest absolute Gasteiger partial charge is 0.453 e. The van der Waals surface area contributed by atoms with Gasteiger partial charge in [-0.1, -0.05) is 87.0 Å². The molecule has 3 aliphatic rings. The zero-order chi connectivity index (χ0) is 47.6. The van der Waals surface area contributed by atoms with Crippen molar-refractivity contribution in [3.63, 3.8) is 0 Å². The fourth-order valence-electron chi connectivity index (χ4n) is 8.54. The first-order valence-electron chi connectivity index (χ1n) is 23.6. The molecule has 6 rings (SSSR count). The maximum atomic E-state index is 15.0. The van der Waals surface area contributed by atoms with Gasteiger partial charge in [0.15, 0.2) is 5.78 Å². The van der Waals surface area contributed by atoms with Crippen LogP contribution in [0.3, 0.4) is 0 Å². The average Bonchev–Trinajstić information content (AvgIpc) is 4.06. The van der Waals surface area contributed by atoms with Crippen molar-refractivity contribution in [2.75, 3.05) is 25.4 Å². The summed E-state index contributed by atoms with van der Waals surface area (Å²) in [5.41, 5.74) is 0.783. The number of hydrogen-bond acceptors (Lipinski definition) is 10. The smallest absolute Gasteiger partial charge is 0.415 e. The molecule has 0 aliphatic carbocycles. The zero-order valence-electron chi connectivity index (χ0n) is 38.5. The van der Waals surface area contributed by atoms with Crippen LogP contribution in [0.5, 0.6) is 11.5 Å². The third-order valence-corrected chi connectivity index (χ3v) is 15.7. The average molecular weight is 960 g/mol. The normalized spacial score (nSPS) is 19.6. The van der Waals surface area contributed by atoms with Crippen molar-refractivity contribution in [2.24, 2.45) is 5.92 Å². The summed E-state index contributed by atoms with van der Waals surface area (Å²) in [7, 11) is -4.22. The minimum Gasteiger partial charge on any atom is -0.415 e. The minimum atomic E-state index is -4.22. The molecule has 67 heavy (non-hydrogen) atoms. The van der Waals surface area contributed by atoms with Gasteiger partial charge in [-0.2, -0.15) is 11.8 Å². The summed E-state index contributed by atoms with van der Waals surface area (Å²) >= 11 is 1.88. The van der Waals surface area contributed by atoms with E-state index in [1.165, 1.54) is 4.90 Å². The Bertz CT molecular complexity index is 2110. The highest BCUT2D eigenvalue weighted by Crippen LogP contribution is 2.53. The Labute approximate surface area is 398 Å². The monoisotopic (exact) mass is 959 g/mol. The minimum absolute atomic E-state index is 0.0302. The van der Waals surface area contributed by atoms with Gasteiger partial charge >= 0.3 is 13.6 Å². The Kier molecular flexibility index (Phi) is 19.4. The van der Waals surface area contributed by atoms with Crippen LogP contribution in [0.2, 0.25) is 0 Å². The second-order valence-electron chi connectivity index (χ2n) is 17.7. The van der Waals surface area contributed by atoms with E-state index in [1.807, 2.05) is 55.9 Å². The molecule has 3 saturated heterocycles. The van der Waals surface area contributed by atoms with Crippen LogP contribution in [0.4, 0.5) is 4.79 Å². The molecule has 362 valence electrons. The molecule has 0 saturated carbocycles. The number of carbonyl (C=O) groups is 6. The molecule has 3 aromatic carbocycles. The SMILES string of the molecule is CC(C)[C@H](NC(=O)CCC(=O)NCCCCCNC(=O)CCCC[C@@H]1SC[C@@H]2NC(=O)N[C@@H]21)C(=O)N1CCC[C@H]1C(=O)NC(Cc1ccccc1)P(=O)(Oc1ccccc1)Oc1ccccc1. The first-order valence-corrected chi connectivity index (χ1v) is 26.3.